The average molecular weight is 410 g/mol. The smallest absolute Gasteiger partial charge is 0.218 e. The molecule has 4 rings (SSSR count). The highest BCUT2D eigenvalue weighted by Crippen LogP contribution is 2.34. The van der Waals surface area contributed by atoms with Gasteiger partial charge in [-0.1, -0.05) is 17.3 Å². The molecule has 1 aromatic carbocycles. The fraction of sp³-hybridized carbons (Fsp3) is 0.556. The molecule has 0 N–H and O–H groups in total. The first-order chi connectivity index (χ1) is 13.4. The predicted octanol–water partition coefficient (Wildman–Crippen LogP) is 1.46. The number of methoxy groups -OCH3 is 1. The van der Waals surface area contributed by atoms with E-state index in [0.717, 1.165) is 11.4 Å². The van der Waals surface area contributed by atoms with E-state index in [0.29, 0.717) is 51.3 Å². The van der Waals surface area contributed by atoms with Gasteiger partial charge in [0.25, 0.3) is 0 Å². The number of hydrogen-bond acceptors (Lipinski definition) is 6. The SMILES string of the molecule is COCc1nnn2c1COC1(CCN(S(=O)(=O)Cc3cccc(F)c3)CC1)C2. The Hall–Kier alpha value is -1.88. The Bertz CT molecular complexity index is 954. The molecule has 1 spiro atoms. The lowest BCUT2D eigenvalue weighted by molar-refractivity contribution is -0.117. The lowest BCUT2D eigenvalue weighted by atomic mass is 9.91. The fourth-order valence-corrected chi connectivity index (χ4v) is 5.37. The van der Waals surface area contributed by atoms with Crippen molar-refractivity contribution in [2.24, 2.45) is 0 Å². The molecule has 1 fully saturated rings. The molecule has 0 aliphatic carbocycles. The number of sulfonamides is 1. The van der Waals surface area contributed by atoms with Gasteiger partial charge in [0.1, 0.15) is 11.5 Å². The number of benzene rings is 1. The first-order valence-electron chi connectivity index (χ1n) is 9.17. The van der Waals surface area contributed by atoms with Crippen molar-refractivity contribution in [2.75, 3.05) is 20.2 Å². The Morgan fingerprint density at radius 1 is 1.32 bits per heavy atom. The molecule has 8 nitrogen and oxygen atoms in total. The molecule has 0 radical (unpaired) electrons. The molecule has 152 valence electrons. The highest BCUT2D eigenvalue weighted by atomic mass is 32.2. The number of ether oxygens (including phenoxy) is 2. The van der Waals surface area contributed by atoms with E-state index < -0.39 is 21.4 Å². The zero-order chi connectivity index (χ0) is 19.8. The third-order valence-electron chi connectivity index (χ3n) is 5.42. The quantitative estimate of drug-likeness (QED) is 0.742. The molecule has 28 heavy (non-hydrogen) atoms. The molecule has 0 amide bonds. The first kappa shape index (κ1) is 19.4. The molecule has 0 atom stereocenters. The molecular weight excluding hydrogens is 387 g/mol. The van der Waals surface area contributed by atoms with Crippen molar-refractivity contribution in [1.82, 2.24) is 19.3 Å². The van der Waals surface area contributed by atoms with Crippen LogP contribution in [0.5, 0.6) is 0 Å². The number of aromatic nitrogens is 3. The van der Waals surface area contributed by atoms with E-state index in [1.54, 1.807) is 13.2 Å². The fourth-order valence-electron chi connectivity index (χ4n) is 3.85. The summed E-state index contributed by atoms with van der Waals surface area (Å²) in [6.07, 6.45) is 1.16. The molecule has 2 aliphatic heterocycles. The molecule has 0 saturated carbocycles. The molecule has 0 unspecified atom stereocenters. The maximum absolute atomic E-state index is 13.3. The van der Waals surface area contributed by atoms with Gasteiger partial charge in [-0.3, -0.25) is 0 Å². The summed E-state index contributed by atoms with van der Waals surface area (Å²) in [5, 5.41) is 8.34. The standard InChI is InChI=1S/C18H23FN4O4S/c1-26-10-16-17-11-27-18(13-23(17)21-20-16)5-7-22(8-6-18)28(24,25)12-14-3-2-4-15(19)9-14/h2-4,9H,5-8,10-13H2,1H3. The van der Waals surface area contributed by atoms with Gasteiger partial charge in [0.15, 0.2) is 0 Å². The van der Waals surface area contributed by atoms with E-state index in [9.17, 15) is 12.8 Å². The minimum absolute atomic E-state index is 0.202. The number of nitrogens with zero attached hydrogens (tertiary/aromatic N) is 4. The Morgan fingerprint density at radius 3 is 2.82 bits per heavy atom. The summed E-state index contributed by atoms with van der Waals surface area (Å²) in [7, 11) is -1.90. The van der Waals surface area contributed by atoms with Crippen molar-refractivity contribution < 1.29 is 22.3 Å². The van der Waals surface area contributed by atoms with Crippen LogP contribution in [0.15, 0.2) is 24.3 Å². The predicted molar refractivity (Wildman–Crippen MR) is 98.1 cm³/mol. The maximum Gasteiger partial charge on any atom is 0.218 e. The molecule has 0 bridgehead atoms. The van der Waals surface area contributed by atoms with Gasteiger partial charge in [0.2, 0.25) is 10.0 Å². The third kappa shape index (κ3) is 3.82. The lowest BCUT2D eigenvalue weighted by Gasteiger charge is -2.43. The normalized spacial score (nSPS) is 19.6. The summed E-state index contributed by atoms with van der Waals surface area (Å²) in [4.78, 5) is 0. The van der Waals surface area contributed by atoms with Crippen LogP contribution in [0.3, 0.4) is 0 Å². The first-order valence-corrected chi connectivity index (χ1v) is 10.8. The molecule has 3 heterocycles. The summed E-state index contributed by atoms with van der Waals surface area (Å²) < 4.78 is 53.4. The van der Waals surface area contributed by atoms with Crippen molar-refractivity contribution in [3.8, 4) is 0 Å². The van der Waals surface area contributed by atoms with Crippen LogP contribution in [0.1, 0.15) is 29.8 Å². The van der Waals surface area contributed by atoms with Crippen molar-refractivity contribution in [2.45, 2.75) is 44.0 Å². The van der Waals surface area contributed by atoms with E-state index in [1.807, 2.05) is 4.68 Å². The van der Waals surface area contributed by atoms with Crippen LogP contribution in [0.25, 0.3) is 0 Å². The zero-order valence-corrected chi connectivity index (χ0v) is 16.5. The van der Waals surface area contributed by atoms with Crippen LogP contribution >= 0.6 is 0 Å². The average Bonchev–Trinajstić information content (AvgIpc) is 3.04. The highest BCUT2D eigenvalue weighted by Gasteiger charge is 2.42. The largest absolute Gasteiger partial charge is 0.378 e. The highest BCUT2D eigenvalue weighted by molar-refractivity contribution is 7.88. The number of rotatable bonds is 5. The van der Waals surface area contributed by atoms with Gasteiger partial charge >= 0.3 is 0 Å². The van der Waals surface area contributed by atoms with Gasteiger partial charge in [0, 0.05) is 20.2 Å². The zero-order valence-electron chi connectivity index (χ0n) is 15.7. The summed E-state index contributed by atoms with van der Waals surface area (Å²) >= 11 is 0. The van der Waals surface area contributed by atoms with Crippen molar-refractivity contribution in [3.63, 3.8) is 0 Å². The number of piperidine rings is 1. The van der Waals surface area contributed by atoms with Crippen LogP contribution in [0.4, 0.5) is 4.39 Å². The summed E-state index contributed by atoms with van der Waals surface area (Å²) in [5.41, 5.74) is 1.70. The second kappa shape index (κ2) is 7.51. The van der Waals surface area contributed by atoms with Crippen LogP contribution < -0.4 is 0 Å². The molecule has 1 aromatic heterocycles. The molecule has 2 aliphatic rings. The molecular formula is C18H23FN4O4S. The van der Waals surface area contributed by atoms with E-state index >= 15 is 0 Å². The Morgan fingerprint density at radius 2 is 2.11 bits per heavy atom. The Labute approximate surface area is 163 Å². The van der Waals surface area contributed by atoms with E-state index in [-0.39, 0.29) is 5.75 Å². The molecule has 2 aromatic rings. The second-order valence-electron chi connectivity index (χ2n) is 7.33. The summed E-state index contributed by atoms with van der Waals surface area (Å²) in [6.45, 7) is 2.07. The topological polar surface area (TPSA) is 86.6 Å². The minimum atomic E-state index is -3.51. The van der Waals surface area contributed by atoms with E-state index in [1.165, 1.54) is 22.5 Å². The monoisotopic (exact) mass is 410 g/mol. The minimum Gasteiger partial charge on any atom is -0.378 e. The third-order valence-corrected chi connectivity index (χ3v) is 7.27. The number of fused-ring (bicyclic) bond motifs is 1. The van der Waals surface area contributed by atoms with Gasteiger partial charge in [-0.15, -0.1) is 5.10 Å². The van der Waals surface area contributed by atoms with Crippen molar-refractivity contribution in [3.05, 3.63) is 47.0 Å². The maximum atomic E-state index is 13.3. The second-order valence-corrected chi connectivity index (χ2v) is 9.30. The number of halogens is 1. The Kier molecular flexibility index (Phi) is 5.21. The molecule has 1 saturated heterocycles. The summed E-state index contributed by atoms with van der Waals surface area (Å²) in [5.74, 6) is -0.635. The van der Waals surface area contributed by atoms with Crippen LogP contribution in [0.2, 0.25) is 0 Å². The van der Waals surface area contributed by atoms with Gasteiger partial charge in [0.05, 0.1) is 36.8 Å². The van der Waals surface area contributed by atoms with Crippen molar-refractivity contribution >= 4 is 10.0 Å². The van der Waals surface area contributed by atoms with Crippen LogP contribution in [0, 0.1) is 5.82 Å². The van der Waals surface area contributed by atoms with Gasteiger partial charge in [-0.05, 0) is 30.5 Å². The number of hydrogen-bond donors (Lipinski definition) is 0. The van der Waals surface area contributed by atoms with E-state index in [2.05, 4.69) is 10.3 Å². The Balaban J connectivity index is 1.41. The molecule has 10 heteroatoms. The van der Waals surface area contributed by atoms with E-state index in [4.69, 9.17) is 9.47 Å². The lowest BCUT2D eigenvalue weighted by Crippen LogP contribution is -2.52. The van der Waals surface area contributed by atoms with Crippen LogP contribution in [-0.2, 0) is 45.0 Å². The summed E-state index contributed by atoms with van der Waals surface area (Å²) in [6, 6.07) is 5.71. The van der Waals surface area contributed by atoms with Gasteiger partial charge < -0.3 is 9.47 Å². The van der Waals surface area contributed by atoms with Crippen LogP contribution in [-0.4, -0.2) is 53.5 Å². The van der Waals surface area contributed by atoms with Crippen molar-refractivity contribution in [1.29, 1.82) is 0 Å². The van der Waals surface area contributed by atoms with Gasteiger partial charge in [-0.25, -0.2) is 21.8 Å². The van der Waals surface area contributed by atoms with Gasteiger partial charge in [-0.2, -0.15) is 0 Å².